The quantitative estimate of drug-likeness (QED) is 0.534. The number of aryl methyl sites for hydroxylation is 1. The summed E-state index contributed by atoms with van der Waals surface area (Å²) in [6.45, 7) is 3.98. The molecule has 11 heteroatoms. The van der Waals surface area contributed by atoms with E-state index in [4.69, 9.17) is 0 Å². The van der Waals surface area contributed by atoms with Crippen molar-refractivity contribution in [2.75, 3.05) is 23.7 Å². The Hall–Kier alpha value is -3.15. The molecular weight excluding hydrogens is 474 g/mol. The summed E-state index contributed by atoms with van der Waals surface area (Å²) in [4.78, 5) is 24.0. The van der Waals surface area contributed by atoms with Gasteiger partial charge in [-0.15, -0.1) is 10.2 Å². The molecule has 1 aromatic heterocycles. The molecule has 0 aliphatic carbocycles. The van der Waals surface area contributed by atoms with Gasteiger partial charge in [0.2, 0.25) is 20.9 Å². The van der Waals surface area contributed by atoms with Gasteiger partial charge in [-0.25, -0.2) is 8.42 Å². The Morgan fingerprint density at radius 3 is 2.50 bits per heavy atom. The van der Waals surface area contributed by atoms with Crippen molar-refractivity contribution < 1.29 is 18.0 Å². The standard InChI is InChI=1S/C23H25N5O4S2/c1-15-6-3-4-8-20(15)25-21(30)23-27-26-22(33-23)17-7-5-13-28(14-17)34(31,32)19-11-9-18(10-12-19)24-16(2)29/h3-4,6,8-12,17H,5,7,13-14H2,1-2H3,(H,24,29)(H,25,30). The summed E-state index contributed by atoms with van der Waals surface area (Å²) < 4.78 is 27.8. The first-order chi connectivity index (χ1) is 16.2. The van der Waals surface area contributed by atoms with Crippen LogP contribution in [-0.2, 0) is 14.8 Å². The summed E-state index contributed by atoms with van der Waals surface area (Å²) in [6, 6.07) is 13.6. The van der Waals surface area contributed by atoms with E-state index in [1.54, 1.807) is 12.1 Å². The van der Waals surface area contributed by atoms with Crippen LogP contribution in [0, 0.1) is 6.92 Å². The summed E-state index contributed by atoms with van der Waals surface area (Å²) >= 11 is 1.19. The second kappa shape index (κ2) is 10.00. The summed E-state index contributed by atoms with van der Waals surface area (Å²) in [6.07, 6.45) is 1.44. The fourth-order valence-corrected chi connectivity index (χ4v) is 6.19. The molecule has 1 atom stereocenters. The minimum atomic E-state index is -3.71. The second-order valence-electron chi connectivity index (χ2n) is 8.12. The van der Waals surface area contributed by atoms with E-state index in [0.29, 0.717) is 29.3 Å². The molecule has 4 rings (SSSR count). The van der Waals surface area contributed by atoms with Crippen molar-refractivity contribution in [3.05, 3.63) is 64.1 Å². The van der Waals surface area contributed by atoms with Crippen LogP contribution in [-0.4, -0.2) is 47.8 Å². The third-order valence-corrected chi connectivity index (χ3v) is 8.54. The lowest BCUT2D eigenvalue weighted by atomic mass is 10.0. The van der Waals surface area contributed by atoms with Crippen LogP contribution in [0.5, 0.6) is 0 Å². The fraction of sp³-hybridized carbons (Fsp3) is 0.304. The van der Waals surface area contributed by atoms with Gasteiger partial charge in [-0.05, 0) is 55.7 Å². The van der Waals surface area contributed by atoms with E-state index in [2.05, 4.69) is 20.8 Å². The molecule has 1 unspecified atom stereocenters. The molecule has 2 heterocycles. The molecule has 0 bridgehead atoms. The van der Waals surface area contributed by atoms with E-state index in [1.807, 2.05) is 31.2 Å². The van der Waals surface area contributed by atoms with Crippen molar-refractivity contribution in [2.45, 2.75) is 37.5 Å². The maximum Gasteiger partial charge on any atom is 0.286 e. The van der Waals surface area contributed by atoms with E-state index in [-0.39, 0.29) is 34.2 Å². The van der Waals surface area contributed by atoms with Gasteiger partial charge in [0.05, 0.1) is 4.90 Å². The Kier molecular flexibility index (Phi) is 7.05. The predicted molar refractivity (Wildman–Crippen MR) is 131 cm³/mol. The number of sulfonamides is 1. The number of para-hydroxylation sites is 1. The van der Waals surface area contributed by atoms with Gasteiger partial charge in [-0.2, -0.15) is 4.31 Å². The lowest BCUT2D eigenvalue weighted by molar-refractivity contribution is -0.114. The predicted octanol–water partition coefficient (Wildman–Crippen LogP) is 3.63. The number of anilines is 2. The van der Waals surface area contributed by atoms with Crippen molar-refractivity contribution >= 4 is 44.5 Å². The van der Waals surface area contributed by atoms with Gasteiger partial charge in [0.25, 0.3) is 5.91 Å². The molecule has 0 spiro atoms. The monoisotopic (exact) mass is 499 g/mol. The van der Waals surface area contributed by atoms with Gasteiger partial charge >= 0.3 is 0 Å². The van der Waals surface area contributed by atoms with E-state index in [1.165, 1.54) is 34.7 Å². The van der Waals surface area contributed by atoms with Crippen molar-refractivity contribution in [3.8, 4) is 0 Å². The maximum atomic E-state index is 13.2. The molecule has 0 radical (unpaired) electrons. The first-order valence-electron chi connectivity index (χ1n) is 10.8. The molecule has 1 aliphatic rings. The Bertz CT molecular complexity index is 1300. The number of nitrogens with zero attached hydrogens (tertiary/aromatic N) is 3. The zero-order chi connectivity index (χ0) is 24.3. The van der Waals surface area contributed by atoms with Gasteiger partial charge in [0.15, 0.2) is 0 Å². The van der Waals surface area contributed by atoms with E-state index in [9.17, 15) is 18.0 Å². The molecule has 1 fully saturated rings. The highest BCUT2D eigenvalue weighted by Crippen LogP contribution is 2.32. The molecule has 1 aliphatic heterocycles. The van der Waals surface area contributed by atoms with Crippen LogP contribution in [0.15, 0.2) is 53.4 Å². The summed E-state index contributed by atoms with van der Waals surface area (Å²) in [5, 5.41) is 14.6. The van der Waals surface area contributed by atoms with Gasteiger partial charge < -0.3 is 10.6 Å². The average molecular weight is 500 g/mol. The minimum Gasteiger partial charge on any atom is -0.326 e. The Labute approximate surface area is 202 Å². The van der Waals surface area contributed by atoms with Gasteiger partial charge in [0.1, 0.15) is 5.01 Å². The van der Waals surface area contributed by atoms with Crippen LogP contribution >= 0.6 is 11.3 Å². The number of benzene rings is 2. The molecule has 3 aromatic rings. The highest BCUT2D eigenvalue weighted by molar-refractivity contribution is 7.89. The number of hydrogen-bond donors (Lipinski definition) is 2. The van der Waals surface area contributed by atoms with Crippen LogP contribution in [0.4, 0.5) is 11.4 Å². The Morgan fingerprint density at radius 1 is 1.06 bits per heavy atom. The molecule has 2 aromatic carbocycles. The third-order valence-electron chi connectivity index (χ3n) is 5.57. The number of aromatic nitrogens is 2. The van der Waals surface area contributed by atoms with E-state index < -0.39 is 10.0 Å². The number of piperidine rings is 1. The fourth-order valence-electron chi connectivity index (χ4n) is 3.81. The zero-order valence-electron chi connectivity index (χ0n) is 18.8. The number of rotatable bonds is 6. The van der Waals surface area contributed by atoms with E-state index >= 15 is 0 Å². The van der Waals surface area contributed by atoms with Crippen LogP contribution in [0.3, 0.4) is 0 Å². The topological polar surface area (TPSA) is 121 Å². The number of nitrogens with one attached hydrogen (secondary N) is 2. The van der Waals surface area contributed by atoms with Crippen molar-refractivity contribution in [1.29, 1.82) is 0 Å². The van der Waals surface area contributed by atoms with Crippen molar-refractivity contribution in [2.24, 2.45) is 0 Å². The largest absolute Gasteiger partial charge is 0.326 e. The van der Waals surface area contributed by atoms with Gasteiger partial charge in [-0.1, -0.05) is 29.5 Å². The van der Waals surface area contributed by atoms with Gasteiger partial charge in [-0.3, -0.25) is 9.59 Å². The van der Waals surface area contributed by atoms with Gasteiger partial charge in [0, 0.05) is 37.3 Å². The van der Waals surface area contributed by atoms with E-state index in [0.717, 1.165) is 12.0 Å². The van der Waals surface area contributed by atoms with Crippen LogP contribution < -0.4 is 10.6 Å². The maximum absolute atomic E-state index is 13.2. The molecule has 178 valence electrons. The number of carbonyl (C=O) groups is 2. The minimum absolute atomic E-state index is 0.139. The Morgan fingerprint density at radius 2 is 1.79 bits per heavy atom. The number of hydrogen-bond acceptors (Lipinski definition) is 7. The smallest absolute Gasteiger partial charge is 0.286 e. The normalized spacial score (nSPS) is 16.7. The van der Waals surface area contributed by atoms with Crippen molar-refractivity contribution in [1.82, 2.24) is 14.5 Å². The lowest BCUT2D eigenvalue weighted by Gasteiger charge is -2.30. The number of amides is 2. The Balaban J connectivity index is 1.45. The molecular formula is C23H25N5O4S2. The molecule has 0 saturated carbocycles. The molecule has 9 nitrogen and oxygen atoms in total. The lowest BCUT2D eigenvalue weighted by Crippen LogP contribution is -2.39. The van der Waals surface area contributed by atoms with Crippen LogP contribution in [0.25, 0.3) is 0 Å². The summed E-state index contributed by atoms with van der Waals surface area (Å²) in [5.41, 5.74) is 2.19. The van der Waals surface area contributed by atoms with Crippen LogP contribution in [0.1, 0.15) is 46.1 Å². The molecule has 2 amide bonds. The third kappa shape index (κ3) is 5.32. The molecule has 1 saturated heterocycles. The average Bonchev–Trinajstić information content (AvgIpc) is 3.31. The first kappa shape index (κ1) is 24.0. The summed E-state index contributed by atoms with van der Waals surface area (Å²) in [7, 11) is -3.71. The molecule has 2 N–H and O–H groups in total. The van der Waals surface area contributed by atoms with Crippen molar-refractivity contribution in [3.63, 3.8) is 0 Å². The zero-order valence-corrected chi connectivity index (χ0v) is 20.4. The summed E-state index contributed by atoms with van der Waals surface area (Å²) in [5.74, 6) is -0.698. The van der Waals surface area contributed by atoms with Crippen LogP contribution in [0.2, 0.25) is 0 Å². The highest BCUT2D eigenvalue weighted by Gasteiger charge is 2.33. The number of carbonyl (C=O) groups excluding carboxylic acids is 2. The molecule has 34 heavy (non-hydrogen) atoms. The highest BCUT2D eigenvalue weighted by atomic mass is 32.2. The second-order valence-corrected chi connectivity index (χ2v) is 11.1. The SMILES string of the molecule is CC(=O)Nc1ccc(S(=O)(=O)N2CCCC(c3nnc(C(=O)Nc4ccccc4C)s3)C2)cc1. The first-order valence-corrected chi connectivity index (χ1v) is 13.1.